The predicted molar refractivity (Wildman–Crippen MR) is 205 cm³/mol. The number of para-hydroxylation sites is 1. The zero-order valence-corrected chi connectivity index (χ0v) is 26.5. The van der Waals surface area contributed by atoms with Gasteiger partial charge in [0.15, 0.2) is 0 Å². The van der Waals surface area contributed by atoms with Crippen molar-refractivity contribution in [2.45, 2.75) is 0 Å². The van der Waals surface area contributed by atoms with E-state index in [1.54, 1.807) is 0 Å². The molecular weight excluding hydrogens is 603 g/mol. The Bertz CT molecular complexity index is 3090. The lowest BCUT2D eigenvalue weighted by Crippen LogP contribution is -1.91. The monoisotopic (exact) mass is 627 g/mol. The first-order valence-electron chi connectivity index (χ1n) is 16.3. The summed E-state index contributed by atoms with van der Waals surface area (Å²) in [6, 6.07) is 54.6. The molecule has 48 heavy (non-hydrogen) atoms. The molecule has 8 aromatic carbocycles. The highest BCUT2D eigenvalue weighted by Crippen LogP contribution is 2.45. The van der Waals surface area contributed by atoms with Gasteiger partial charge in [-0.15, -0.1) is 11.3 Å². The van der Waals surface area contributed by atoms with Crippen molar-refractivity contribution in [3.05, 3.63) is 152 Å². The molecule has 0 aliphatic rings. The van der Waals surface area contributed by atoms with Crippen LogP contribution >= 0.6 is 11.3 Å². The van der Waals surface area contributed by atoms with Crippen LogP contribution in [0.5, 0.6) is 0 Å². The minimum atomic E-state index is 0.909. The normalized spacial score (nSPS) is 12.2. The molecule has 0 aliphatic carbocycles. The average Bonchev–Trinajstić information content (AvgIpc) is 3.71. The first-order chi connectivity index (χ1) is 23.8. The molecule has 0 fully saturated rings. The van der Waals surface area contributed by atoms with E-state index in [1.807, 2.05) is 11.3 Å². The lowest BCUT2D eigenvalue weighted by Gasteiger charge is -2.13. The summed E-state index contributed by atoms with van der Waals surface area (Å²) >= 11 is 1.87. The first-order valence-corrected chi connectivity index (χ1v) is 17.1. The Hall–Kier alpha value is -6.03. The summed E-state index contributed by atoms with van der Waals surface area (Å²) < 4.78 is 9.41. The van der Waals surface area contributed by atoms with Gasteiger partial charge >= 0.3 is 0 Å². The van der Waals surface area contributed by atoms with E-state index in [1.165, 1.54) is 57.9 Å². The number of hydrogen-bond donors (Lipinski definition) is 0. The van der Waals surface area contributed by atoms with Gasteiger partial charge in [0.05, 0.1) is 11.2 Å². The molecule has 0 radical (unpaired) electrons. The number of aromatic nitrogens is 1. The topological polar surface area (TPSA) is 26.0 Å². The third kappa shape index (κ3) is 3.65. The number of nitrogens with zero attached hydrogens (tertiary/aromatic N) is 1. The molecule has 0 unspecified atom stereocenters. The summed E-state index contributed by atoms with van der Waals surface area (Å²) in [6.45, 7) is 0. The Labute approximate surface area is 279 Å². The number of thiophene rings is 1. The third-order valence-electron chi connectivity index (χ3n) is 9.99. The predicted octanol–water partition coefficient (Wildman–Crippen LogP) is 13.3. The second-order valence-corrected chi connectivity index (χ2v) is 13.7. The van der Waals surface area contributed by atoms with E-state index in [0.29, 0.717) is 0 Å². The number of furan rings is 1. The average molecular weight is 628 g/mol. The van der Waals surface area contributed by atoms with Gasteiger partial charge in [0.1, 0.15) is 11.2 Å². The number of rotatable bonds is 2. The molecule has 3 aromatic heterocycles. The second-order valence-electron chi connectivity index (χ2n) is 12.7. The van der Waals surface area contributed by atoms with Crippen LogP contribution in [-0.2, 0) is 0 Å². The number of fused-ring (bicyclic) bond motifs is 13. The van der Waals surface area contributed by atoms with Gasteiger partial charge in [-0.1, -0.05) is 115 Å². The molecule has 2 nitrogen and oxygen atoms in total. The molecule has 0 aliphatic heterocycles. The van der Waals surface area contributed by atoms with Crippen LogP contribution < -0.4 is 0 Å². The highest BCUT2D eigenvalue weighted by Gasteiger charge is 2.19. The first kappa shape index (κ1) is 26.1. The Morgan fingerprint density at radius 2 is 1.17 bits per heavy atom. The van der Waals surface area contributed by atoms with Crippen LogP contribution in [0.15, 0.2) is 156 Å². The van der Waals surface area contributed by atoms with E-state index in [2.05, 4.69) is 152 Å². The Morgan fingerprint density at radius 1 is 0.458 bits per heavy atom. The van der Waals surface area contributed by atoms with Gasteiger partial charge in [0, 0.05) is 58.2 Å². The molecule has 0 N–H and O–H groups in total. The van der Waals surface area contributed by atoms with Crippen molar-refractivity contribution in [2.75, 3.05) is 0 Å². The van der Waals surface area contributed by atoms with Crippen molar-refractivity contribution < 1.29 is 4.42 Å². The van der Waals surface area contributed by atoms with E-state index in [4.69, 9.17) is 9.40 Å². The SMILES string of the molecule is c1cc(-c2nc3ccccc3c3c2ccc2c4ccccc4sc23)cc(-c2cc3ccccc3c3c2oc2cc4ccccc4cc23)c1. The van der Waals surface area contributed by atoms with Crippen molar-refractivity contribution in [3.63, 3.8) is 0 Å². The Kier molecular flexibility index (Phi) is 5.29. The summed E-state index contributed by atoms with van der Waals surface area (Å²) in [4.78, 5) is 5.33. The molecule has 11 aromatic rings. The fourth-order valence-electron chi connectivity index (χ4n) is 7.80. The van der Waals surface area contributed by atoms with Gasteiger partial charge in [0.2, 0.25) is 0 Å². The van der Waals surface area contributed by atoms with Crippen LogP contribution in [0.4, 0.5) is 0 Å². The summed E-state index contributed by atoms with van der Waals surface area (Å²) in [5, 5.41) is 13.3. The lowest BCUT2D eigenvalue weighted by molar-refractivity contribution is 0.671. The molecular formula is C45H25NOS. The van der Waals surface area contributed by atoms with E-state index in [-0.39, 0.29) is 0 Å². The van der Waals surface area contributed by atoms with Gasteiger partial charge in [-0.25, -0.2) is 4.98 Å². The second kappa shape index (κ2) is 9.74. The van der Waals surface area contributed by atoms with Crippen LogP contribution in [0.2, 0.25) is 0 Å². The van der Waals surface area contributed by atoms with Crippen LogP contribution in [0, 0.1) is 0 Å². The minimum Gasteiger partial charge on any atom is -0.455 e. The smallest absolute Gasteiger partial charge is 0.143 e. The van der Waals surface area contributed by atoms with E-state index in [9.17, 15) is 0 Å². The maximum Gasteiger partial charge on any atom is 0.143 e. The number of hydrogen-bond acceptors (Lipinski definition) is 3. The number of pyridine rings is 1. The van der Waals surface area contributed by atoms with Crippen LogP contribution in [0.3, 0.4) is 0 Å². The quantitative estimate of drug-likeness (QED) is 0.178. The summed E-state index contributed by atoms with van der Waals surface area (Å²) in [5.74, 6) is 0. The number of benzene rings is 8. The molecule has 11 rings (SSSR count). The molecule has 0 spiro atoms. The van der Waals surface area contributed by atoms with E-state index >= 15 is 0 Å². The fourth-order valence-corrected chi connectivity index (χ4v) is 9.06. The zero-order chi connectivity index (χ0) is 31.3. The lowest BCUT2D eigenvalue weighted by atomic mass is 9.93. The molecule has 0 amide bonds. The molecule has 0 saturated heterocycles. The molecule has 0 saturated carbocycles. The van der Waals surface area contributed by atoms with Crippen molar-refractivity contribution in [2.24, 2.45) is 0 Å². The minimum absolute atomic E-state index is 0.909. The van der Waals surface area contributed by atoms with Crippen molar-refractivity contribution in [1.29, 1.82) is 0 Å². The summed E-state index contributed by atoms with van der Waals surface area (Å²) in [6.07, 6.45) is 0. The maximum atomic E-state index is 6.79. The third-order valence-corrected chi connectivity index (χ3v) is 11.2. The van der Waals surface area contributed by atoms with Crippen molar-refractivity contribution >= 4 is 96.7 Å². The van der Waals surface area contributed by atoms with Crippen LogP contribution in [0.25, 0.3) is 108 Å². The summed E-state index contributed by atoms with van der Waals surface area (Å²) in [5.41, 5.74) is 7.12. The zero-order valence-electron chi connectivity index (χ0n) is 25.7. The van der Waals surface area contributed by atoms with E-state index in [0.717, 1.165) is 49.8 Å². The standard InChI is InChI=1S/C45H25NOS/c1-2-11-27-25-39-37(23-26(27)10-1)41-31-15-4-3-12-29(31)24-36(44(41)47-39)28-13-9-14-30(22-28)43-35-21-20-33-32-16-6-8-19-40(32)48-45(33)42(35)34-17-5-7-18-38(34)46-43/h1-25H. The van der Waals surface area contributed by atoms with Crippen LogP contribution in [0.1, 0.15) is 0 Å². The van der Waals surface area contributed by atoms with Gasteiger partial charge in [-0.05, 0) is 63.5 Å². The Morgan fingerprint density at radius 3 is 2.06 bits per heavy atom. The fraction of sp³-hybridized carbons (Fsp3) is 0. The molecule has 3 heterocycles. The summed E-state index contributed by atoms with van der Waals surface area (Å²) in [7, 11) is 0. The van der Waals surface area contributed by atoms with Gasteiger partial charge in [-0.2, -0.15) is 0 Å². The molecule has 222 valence electrons. The van der Waals surface area contributed by atoms with Gasteiger partial charge in [-0.3, -0.25) is 0 Å². The Balaban J connectivity index is 1.20. The van der Waals surface area contributed by atoms with E-state index < -0.39 is 0 Å². The molecule has 0 bridgehead atoms. The van der Waals surface area contributed by atoms with Crippen molar-refractivity contribution in [3.8, 4) is 22.4 Å². The van der Waals surface area contributed by atoms with Crippen LogP contribution in [-0.4, -0.2) is 4.98 Å². The highest BCUT2D eigenvalue weighted by atomic mass is 32.1. The largest absolute Gasteiger partial charge is 0.455 e. The molecule has 3 heteroatoms. The van der Waals surface area contributed by atoms with Gasteiger partial charge in [0.25, 0.3) is 0 Å². The highest BCUT2D eigenvalue weighted by molar-refractivity contribution is 7.26. The maximum absolute atomic E-state index is 6.79. The van der Waals surface area contributed by atoms with Gasteiger partial charge < -0.3 is 4.42 Å². The molecule has 0 atom stereocenters. The van der Waals surface area contributed by atoms with Crippen molar-refractivity contribution in [1.82, 2.24) is 4.98 Å².